The molecule has 1 aliphatic heterocycles. The molecule has 2 N–H and O–H groups in total. The normalized spacial score (nSPS) is 21.3. The first kappa shape index (κ1) is 17.9. The molecule has 0 aromatic heterocycles. The summed E-state index contributed by atoms with van der Waals surface area (Å²) in [4.78, 5) is 2.40. The Morgan fingerprint density at radius 2 is 1.96 bits per heavy atom. The van der Waals surface area contributed by atoms with Crippen LogP contribution in [-0.2, 0) is 13.0 Å². The van der Waals surface area contributed by atoms with Crippen LogP contribution in [0.5, 0.6) is 5.75 Å². The highest BCUT2D eigenvalue weighted by molar-refractivity contribution is 5.38. The lowest BCUT2D eigenvalue weighted by atomic mass is 9.92. The van der Waals surface area contributed by atoms with Crippen molar-refractivity contribution in [2.45, 2.75) is 44.9 Å². The van der Waals surface area contributed by atoms with E-state index < -0.39 is 0 Å². The maximum Gasteiger partial charge on any atom is 0.123 e. The van der Waals surface area contributed by atoms with Crippen molar-refractivity contribution in [1.82, 2.24) is 4.90 Å². The Labute approximate surface area is 149 Å². The molecule has 0 saturated carbocycles. The molecular formula is C21H27FN2O. The molecule has 1 aliphatic rings. The molecule has 0 bridgehead atoms. The van der Waals surface area contributed by atoms with Gasteiger partial charge in [0.2, 0.25) is 0 Å². The molecule has 4 heteroatoms. The molecule has 134 valence electrons. The Balaban J connectivity index is 1.72. The second kappa shape index (κ2) is 7.98. The highest BCUT2D eigenvalue weighted by Gasteiger charge is 2.25. The molecule has 2 atom stereocenters. The predicted molar refractivity (Wildman–Crippen MR) is 99.2 cm³/mol. The average molecular weight is 342 g/mol. The van der Waals surface area contributed by atoms with Crippen LogP contribution in [-0.4, -0.2) is 30.6 Å². The van der Waals surface area contributed by atoms with Gasteiger partial charge in [0.1, 0.15) is 18.2 Å². The fourth-order valence-electron chi connectivity index (χ4n) is 3.44. The van der Waals surface area contributed by atoms with Crippen LogP contribution in [0.2, 0.25) is 0 Å². The van der Waals surface area contributed by atoms with Gasteiger partial charge in [-0.2, -0.15) is 0 Å². The zero-order chi connectivity index (χ0) is 17.8. The Hall–Kier alpha value is -1.91. The number of nitrogens with zero attached hydrogens (tertiary/aromatic N) is 1. The van der Waals surface area contributed by atoms with Crippen molar-refractivity contribution in [3.8, 4) is 5.75 Å². The lowest BCUT2D eigenvalue weighted by molar-refractivity contribution is 0.168. The Morgan fingerprint density at radius 3 is 2.72 bits per heavy atom. The van der Waals surface area contributed by atoms with Crippen molar-refractivity contribution in [2.24, 2.45) is 5.73 Å². The van der Waals surface area contributed by atoms with Gasteiger partial charge in [-0.05, 0) is 69.1 Å². The zero-order valence-electron chi connectivity index (χ0n) is 15.0. The van der Waals surface area contributed by atoms with Gasteiger partial charge in [0.05, 0.1) is 0 Å². The summed E-state index contributed by atoms with van der Waals surface area (Å²) >= 11 is 0. The highest BCUT2D eigenvalue weighted by Crippen LogP contribution is 2.26. The minimum atomic E-state index is -0.226. The zero-order valence-corrected chi connectivity index (χ0v) is 15.0. The van der Waals surface area contributed by atoms with Crippen LogP contribution in [0.25, 0.3) is 0 Å². The highest BCUT2D eigenvalue weighted by atomic mass is 19.1. The van der Waals surface area contributed by atoms with E-state index in [4.69, 9.17) is 10.5 Å². The molecule has 0 amide bonds. The van der Waals surface area contributed by atoms with Crippen LogP contribution >= 0.6 is 0 Å². The summed E-state index contributed by atoms with van der Waals surface area (Å²) in [5, 5.41) is 0. The molecule has 1 fully saturated rings. The predicted octanol–water partition coefficient (Wildman–Crippen LogP) is 3.68. The van der Waals surface area contributed by atoms with Crippen molar-refractivity contribution in [1.29, 1.82) is 0 Å². The first-order valence-electron chi connectivity index (χ1n) is 8.94. The first-order chi connectivity index (χ1) is 12.0. The van der Waals surface area contributed by atoms with E-state index in [2.05, 4.69) is 31.0 Å². The molecule has 25 heavy (non-hydrogen) atoms. The van der Waals surface area contributed by atoms with Crippen LogP contribution in [0, 0.1) is 12.7 Å². The molecule has 2 aromatic carbocycles. The molecule has 2 unspecified atom stereocenters. The summed E-state index contributed by atoms with van der Waals surface area (Å²) in [5.74, 6) is 0.680. The standard InChI is InChI=1S/C21H27FN2O/c1-15-3-8-21(25-14-16-4-6-18(22)7-5-16)17(11-15)12-20-13-19(23)9-10-24(20)2/h3-8,11,19-20H,9-10,12-14,23H2,1-2H3. The molecule has 0 spiro atoms. The van der Waals surface area contributed by atoms with Gasteiger partial charge >= 0.3 is 0 Å². The lowest BCUT2D eigenvalue weighted by Gasteiger charge is -2.36. The smallest absolute Gasteiger partial charge is 0.123 e. The van der Waals surface area contributed by atoms with Crippen molar-refractivity contribution in [3.63, 3.8) is 0 Å². The van der Waals surface area contributed by atoms with Crippen LogP contribution in [0.4, 0.5) is 4.39 Å². The number of nitrogens with two attached hydrogens (primary N) is 1. The number of halogens is 1. The van der Waals surface area contributed by atoms with Crippen molar-refractivity contribution in [3.05, 3.63) is 65.0 Å². The molecule has 1 heterocycles. The summed E-state index contributed by atoms with van der Waals surface area (Å²) in [7, 11) is 2.17. The molecule has 2 aromatic rings. The van der Waals surface area contributed by atoms with E-state index in [-0.39, 0.29) is 11.9 Å². The van der Waals surface area contributed by atoms with Gasteiger partial charge in [0.25, 0.3) is 0 Å². The minimum absolute atomic E-state index is 0.226. The van der Waals surface area contributed by atoms with Gasteiger partial charge < -0.3 is 15.4 Å². The van der Waals surface area contributed by atoms with Gasteiger partial charge in [0, 0.05) is 12.1 Å². The Kier molecular flexibility index (Phi) is 5.71. The van der Waals surface area contributed by atoms with Crippen LogP contribution in [0.3, 0.4) is 0 Å². The summed E-state index contributed by atoms with van der Waals surface area (Å²) in [5.41, 5.74) is 9.57. The number of hydrogen-bond acceptors (Lipinski definition) is 3. The van der Waals surface area contributed by atoms with E-state index >= 15 is 0 Å². The van der Waals surface area contributed by atoms with Gasteiger partial charge in [-0.25, -0.2) is 4.39 Å². The van der Waals surface area contributed by atoms with Gasteiger partial charge in [-0.15, -0.1) is 0 Å². The third-order valence-electron chi connectivity index (χ3n) is 5.03. The van der Waals surface area contributed by atoms with E-state index in [1.54, 1.807) is 12.1 Å². The molecule has 0 aliphatic carbocycles. The van der Waals surface area contributed by atoms with E-state index in [1.807, 2.05) is 6.07 Å². The number of benzene rings is 2. The second-order valence-corrected chi connectivity index (χ2v) is 7.15. The van der Waals surface area contributed by atoms with Crippen LogP contribution in [0.15, 0.2) is 42.5 Å². The Morgan fingerprint density at radius 1 is 1.20 bits per heavy atom. The number of hydrogen-bond donors (Lipinski definition) is 1. The van der Waals surface area contributed by atoms with Gasteiger partial charge in [-0.1, -0.05) is 29.8 Å². The Bertz CT molecular complexity index is 702. The minimum Gasteiger partial charge on any atom is -0.489 e. The largest absolute Gasteiger partial charge is 0.489 e. The third-order valence-corrected chi connectivity index (χ3v) is 5.03. The molecule has 3 rings (SSSR count). The quantitative estimate of drug-likeness (QED) is 0.901. The molecular weight excluding hydrogens is 315 g/mol. The van der Waals surface area contributed by atoms with Crippen LogP contribution in [0.1, 0.15) is 29.5 Å². The second-order valence-electron chi connectivity index (χ2n) is 7.15. The summed E-state index contributed by atoms with van der Waals surface area (Å²) in [6, 6.07) is 13.5. The van der Waals surface area contributed by atoms with Crippen molar-refractivity contribution < 1.29 is 9.13 Å². The van der Waals surface area contributed by atoms with Gasteiger partial charge in [0.15, 0.2) is 0 Å². The summed E-state index contributed by atoms with van der Waals surface area (Å²) < 4.78 is 19.1. The lowest BCUT2D eigenvalue weighted by Crippen LogP contribution is -2.45. The molecule has 1 saturated heterocycles. The summed E-state index contributed by atoms with van der Waals surface area (Å²) in [6.45, 7) is 3.59. The number of likely N-dealkylation sites (N-methyl/N-ethyl adjacent to an activating group) is 1. The fourth-order valence-corrected chi connectivity index (χ4v) is 3.44. The number of aryl methyl sites for hydroxylation is 1. The maximum absolute atomic E-state index is 13.0. The van der Waals surface area contributed by atoms with E-state index in [0.717, 1.165) is 37.1 Å². The van der Waals surface area contributed by atoms with Crippen molar-refractivity contribution >= 4 is 0 Å². The van der Waals surface area contributed by atoms with Crippen LogP contribution < -0.4 is 10.5 Å². The third kappa shape index (κ3) is 4.80. The molecule has 3 nitrogen and oxygen atoms in total. The average Bonchev–Trinajstić information content (AvgIpc) is 2.59. The molecule has 0 radical (unpaired) electrons. The monoisotopic (exact) mass is 342 g/mol. The van der Waals surface area contributed by atoms with E-state index in [1.165, 1.54) is 23.3 Å². The van der Waals surface area contributed by atoms with Gasteiger partial charge in [-0.3, -0.25) is 0 Å². The first-order valence-corrected chi connectivity index (χ1v) is 8.94. The number of rotatable bonds is 5. The number of likely N-dealkylation sites (tertiary alicyclic amines) is 1. The number of piperidine rings is 1. The van der Waals surface area contributed by atoms with E-state index in [0.29, 0.717) is 12.6 Å². The van der Waals surface area contributed by atoms with Crippen molar-refractivity contribution in [2.75, 3.05) is 13.6 Å². The SMILES string of the molecule is Cc1ccc(OCc2ccc(F)cc2)c(CC2CC(N)CCN2C)c1. The summed E-state index contributed by atoms with van der Waals surface area (Å²) in [6.07, 6.45) is 3.02. The van der Waals surface area contributed by atoms with E-state index in [9.17, 15) is 4.39 Å². The topological polar surface area (TPSA) is 38.5 Å². The maximum atomic E-state index is 13.0. The fraction of sp³-hybridized carbons (Fsp3) is 0.429. The number of ether oxygens (including phenoxy) is 1.